The van der Waals surface area contributed by atoms with E-state index in [1.54, 1.807) is 18.0 Å². The van der Waals surface area contributed by atoms with Gasteiger partial charge in [-0.3, -0.25) is 9.67 Å². The third-order valence-corrected chi connectivity index (χ3v) is 6.59. The average Bonchev–Trinajstić information content (AvgIpc) is 3.32. The number of rotatable bonds is 11. The number of hydrogen-bond donors (Lipinski definition) is 4. The van der Waals surface area contributed by atoms with Crippen molar-refractivity contribution in [1.29, 1.82) is 0 Å². The van der Waals surface area contributed by atoms with Crippen molar-refractivity contribution in [2.75, 3.05) is 39.2 Å². The second-order valence-electron chi connectivity index (χ2n) is 9.11. The number of aromatic nitrogens is 5. The molecule has 1 aliphatic rings. The number of ether oxygens (including phenoxy) is 2. The van der Waals surface area contributed by atoms with Gasteiger partial charge in [0.1, 0.15) is 22.5 Å². The molecular formula is C25H36N8O4. The lowest BCUT2D eigenvalue weighted by atomic mass is 9.91. The van der Waals surface area contributed by atoms with Crippen molar-refractivity contribution in [1.82, 2.24) is 35.4 Å². The summed E-state index contributed by atoms with van der Waals surface area (Å²) in [6, 6.07) is 1.96. The molecule has 0 saturated carbocycles. The monoisotopic (exact) mass is 512 g/mol. The molecule has 0 radical (unpaired) electrons. The summed E-state index contributed by atoms with van der Waals surface area (Å²) in [5.41, 5.74) is 3.08. The fourth-order valence-corrected chi connectivity index (χ4v) is 4.67. The van der Waals surface area contributed by atoms with Crippen LogP contribution in [0, 0.1) is 0 Å². The number of pyridine rings is 1. The van der Waals surface area contributed by atoms with Crippen LogP contribution in [0.25, 0.3) is 11.0 Å². The number of carbonyl (C=O) groups excluding carboxylic acids is 1. The van der Waals surface area contributed by atoms with Crippen molar-refractivity contribution < 1.29 is 19.4 Å². The van der Waals surface area contributed by atoms with E-state index < -0.39 is 6.09 Å². The Labute approximate surface area is 216 Å². The molecule has 0 unspecified atom stereocenters. The molecule has 200 valence electrons. The van der Waals surface area contributed by atoms with Crippen LogP contribution in [0.4, 0.5) is 10.6 Å². The first-order chi connectivity index (χ1) is 18.1. The van der Waals surface area contributed by atoms with Crippen molar-refractivity contribution >= 4 is 22.9 Å². The van der Waals surface area contributed by atoms with E-state index in [1.807, 2.05) is 6.20 Å². The number of methoxy groups -OCH3 is 1. The number of carbonyl (C=O) groups is 1. The van der Waals surface area contributed by atoms with Gasteiger partial charge in [-0.2, -0.15) is 15.1 Å². The summed E-state index contributed by atoms with van der Waals surface area (Å²) < 4.78 is 12.7. The van der Waals surface area contributed by atoms with Crippen LogP contribution in [0.1, 0.15) is 56.2 Å². The van der Waals surface area contributed by atoms with Crippen LogP contribution in [-0.2, 0) is 6.54 Å². The standard InChI is InChI=1S/C25H36N8O4/c1-4-5-18(8-11-34)30-23-22-19(31-24(32-23)37-25(35)26-2)14-29-33(22)15-20-21(36-3)12-17(13-28-20)16-6-9-27-10-7-16/h12-14,16,18,27,34H,4-11,15H2,1-3H3,(H,26,35)(H,30,31,32)/t18-/m0/s1. The highest BCUT2D eigenvalue weighted by Crippen LogP contribution is 2.30. The zero-order chi connectivity index (χ0) is 26.2. The molecule has 0 aromatic carbocycles. The van der Waals surface area contributed by atoms with Gasteiger partial charge in [0.05, 0.1) is 19.9 Å². The predicted octanol–water partition coefficient (Wildman–Crippen LogP) is 2.43. The van der Waals surface area contributed by atoms with E-state index >= 15 is 0 Å². The maximum atomic E-state index is 11.8. The highest BCUT2D eigenvalue weighted by molar-refractivity contribution is 5.86. The third-order valence-electron chi connectivity index (χ3n) is 6.59. The number of amides is 1. The lowest BCUT2D eigenvalue weighted by molar-refractivity contribution is 0.199. The van der Waals surface area contributed by atoms with Gasteiger partial charge in [0.15, 0.2) is 5.82 Å². The third kappa shape index (κ3) is 6.44. The molecule has 3 aromatic heterocycles. The zero-order valence-electron chi connectivity index (χ0n) is 21.7. The van der Waals surface area contributed by atoms with E-state index in [0.717, 1.165) is 44.5 Å². The molecule has 12 nitrogen and oxygen atoms in total. The second-order valence-corrected chi connectivity index (χ2v) is 9.11. The maximum absolute atomic E-state index is 11.8. The Hall–Kier alpha value is -3.51. The van der Waals surface area contributed by atoms with Crippen molar-refractivity contribution in [2.45, 2.75) is 57.5 Å². The highest BCUT2D eigenvalue weighted by atomic mass is 16.6. The van der Waals surface area contributed by atoms with Gasteiger partial charge in [-0.1, -0.05) is 13.3 Å². The predicted molar refractivity (Wildman–Crippen MR) is 139 cm³/mol. The fraction of sp³-hybridized carbons (Fsp3) is 0.560. The largest absolute Gasteiger partial charge is 0.495 e. The van der Waals surface area contributed by atoms with Crippen LogP contribution in [-0.4, -0.2) is 75.8 Å². The Morgan fingerprint density at radius 2 is 2.08 bits per heavy atom. The molecule has 1 fully saturated rings. The normalized spacial score (nSPS) is 14.9. The zero-order valence-corrected chi connectivity index (χ0v) is 21.7. The first-order valence-corrected chi connectivity index (χ1v) is 12.8. The van der Waals surface area contributed by atoms with Crippen molar-refractivity contribution in [3.8, 4) is 11.8 Å². The molecule has 1 saturated heterocycles. The highest BCUT2D eigenvalue weighted by Gasteiger charge is 2.21. The molecule has 12 heteroatoms. The fourth-order valence-electron chi connectivity index (χ4n) is 4.67. The SMILES string of the molecule is CCC[C@@H](CCO)Nc1nc(OC(=O)NC)nc2cnn(Cc3ncc(C4CCNCC4)cc3OC)c12. The number of hydrogen-bond acceptors (Lipinski definition) is 10. The Balaban J connectivity index is 1.69. The Kier molecular flexibility index (Phi) is 9.07. The molecule has 0 aliphatic carbocycles. The van der Waals surface area contributed by atoms with E-state index in [2.05, 4.69) is 44.0 Å². The van der Waals surface area contributed by atoms with Crippen molar-refractivity contribution in [2.24, 2.45) is 0 Å². The summed E-state index contributed by atoms with van der Waals surface area (Å²) in [7, 11) is 3.12. The number of aliphatic hydroxyl groups excluding tert-OH is 1. The molecule has 37 heavy (non-hydrogen) atoms. The number of nitrogens with zero attached hydrogens (tertiary/aromatic N) is 5. The van der Waals surface area contributed by atoms with Crippen LogP contribution in [0.15, 0.2) is 18.5 Å². The van der Waals surface area contributed by atoms with E-state index in [9.17, 15) is 9.90 Å². The van der Waals surface area contributed by atoms with E-state index in [-0.39, 0.29) is 18.7 Å². The second kappa shape index (κ2) is 12.6. The Morgan fingerprint density at radius 3 is 2.78 bits per heavy atom. The molecule has 1 aliphatic heterocycles. The summed E-state index contributed by atoms with van der Waals surface area (Å²) in [6.07, 6.45) is 7.34. The summed E-state index contributed by atoms with van der Waals surface area (Å²) in [5.74, 6) is 1.64. The smallest absolute Gasteiger partial charge is 0.414 e. The molecular weight excluding hydrogens is 476 g/mol. The first-order valence-electron chi connectivity index (χ1n) is 12.8. The van der Waals surface area contributed by atoms with Crippen molar-refractivity contribution in [3.63, 3.8) is 0 Å². The lowest BCUT2D eigenvalue weighted by Crippen LogP contribution is -2.26. The molecule has 1 atom stereocenters. The molecule has 0 bridgehead atoms. The number of fused-ring (bicyclic) bond motifs is 1. The molecule has 4 rings (SSSR count). The van der Waals surface area contributed by atoms with Gasteiger partial charge in [0.2, 0.25) is 0 Å². The summed E-state index contributed by atoms with van der Waals surface area (Å²) >= 11 is 0. The number of anilines is 1. The first kappa shape index (κ1) is 26.6. The number of aliphatic hydroxyl groups is 1. The molecule has 4 N–H and O–H groups in total. The lowest BCUT2D eigenvalue weighted by Gasteiger charge is -2.23. The van der Waals surface area contributed by atoms with Crippen LogP contribution >= 0.6 is 0 Å². The van der Waals surface area contributed by atoms with Crippen LogP contribution < -0.4 is 25.4 Å². The molecule has 4 heterocycles. The minimum atomic E-state index is -0.666. The van der Waals surface area contributed by atoms with Gasteiger partial charge in [-0.15, -0.1) is 0 Å². The Morgan fingerprint density at radius 1 is 1.27 bits per heavy atom. The number of nitrogens with one attached hydrogen (secondary N) is 3. The van der Waals surface area contributed by atoms with Gasteiger partial charge >= 0.3 is 12.1 Å². The summed E-state index contributed by atoms with van der Waals surface area (Å²) in [4.78, 5) is 25.4. The van der Waals surface area contributed by atoms with Crippen LogP contribution in [0.5, 0.6) is 11.8 Å². The average molecular weight is 513 g/mol. The summed E-state index contributed by atoms with van der Waals surface area (Å²) in [6.45, 7) is 4.47. The topological polar surface area (TPSA) is 148 Å². The van der Waals surface area contributed by atoms with Gasteiger partial charge in [-0.25, -0.2) is 4.79 Å². The maximum Gasteiger partial charge on any atom is 0.414 e. The summed E-state index contributed by atoms with van der Waals surface area (Å²) in [5, 5.41) is 23.3. The number of piperidine rings is 1. The quantitative estimate of drug-likeness (QED) is 0.302. The van der Waals surface area contributed by atoms with E-state index in [4.69, 9.17) is 14.5 Å². The molecule has 0 spiro atoms. The van der Waals surface area contributed by atoms with E-state index in [0.29, 0.717) is 41.5 Å². The van der Waals surface area contributed by atoms with Crippen LogP contribution in [0.2, 0.25) is 0 Å². The molecule has 1 amide bonds. The minimum absolute atomic E-state index is 0.0266. The van der Waals surface area contributed by atoms with Gasteiger partial charge in [0.25, 0.3) is 0 Å². The van der Waals surface area contributed by atoms with Gasteiger partial charge < -0.3 is 30.5 Å². The van der Waals surface area contributed by atoms with Gasteiger partial charge in [0, 0.05) is 25.9 Å². The molecule has 3 aromatic rings. The van der Waals surface area contributed by atoms with Crippen molar-refractivity contribution in [3.05, 3.63) is 29.7 Å². The Bertz CT molecular complexity index is 1190. The van der Waals surface area contributed by atoms with Crippen LogP contribution in [0.3, 0.4) is 0 Å². The minimum Gasteiger partial charge on any atom is -0.495 e. The van der Waals surface area contributed by atoms with E-state index in [1.165, 1.54) is 12.6 Å². The van der Waals surface area contributed by atoms with Gasteiger partial charge in [-0.05, 0) is 56.3 Å².